The summed E-state index contributed by atoms with van der Waals surface area (Å²) in [5.74, 6) is 3.62. The van der Waals surface area contributed by atoms with Crippen molar-refractivity contribution in [3.05, 3.63) is 22.4 Å². The molecule has 0 bridgehead atoms. The Bertz CT molecular complexity index is 265. The van der Waals surface area contributed by atoms with E-state index >= 15 is 0 Å². The van der Waals surface area contributed by atoms with Gasteiger partial charge >= 0.3 is 0 Å². The minimum Gasteiger partial charge on any atom is -0.317 e. The van der Waals surface area contributed by atoms with Gasteiger partial charge in [0.1, 0.15) is 0 Å². The molecule has 0 radical (unpaired) electrons. The molecule has 2 unspecified atom stereocenters. The van der Waals surface area contributed by atoms with Gasteiger partial charge in [0.2, 0.25) is 0 Å². The first-order chi connectivity index (χ1) is 7.40. The van der Waals surface area contributed by atoms with Crippen molar-refractivity contribution in [3.8, 4) is 0 Å². The van der Waals surface area contributed by atoms with Crippen molar-refractivity contribution in [2.24, 2.45) is 5.92 Å². The van der Waals surface area contributed by atoms with Gasteiger partial charge in [-0.1, -0.05) is 6.07 Å². The number of hydrogen-bond donors (Lipinski definition) is 1. The average molecular weight is 241 g/mol. The number of aryl methyl sites for hydroxylation is 1. The SMILES string of the molecule is CNC(CCc1cccs1)C1CCSC1. The van der Waals surface area contributed by atoms with Crippen molar-refractivity contribution in [2.75, 3.05) is 18.6 Å². The maximum Gasteiger partial charge on any atom is 0.0104 e. The summed E-state index contributed by atoms with van der Waals surface area (Å²) in [5.41, 5.74) is 0. The minimum absolute atomic E-state index is 0.724. The van der Waals surface area contributed by atoms with Gasteiger partial charge in [-0.05, 0) is 55.2 Å². The third-order valence-corrected chi connectivity index (χ3v) is 5.31. The third kappa shape index (κ3) is 3.23. The van der Waals surface area contributed by atoms with Crippen molar-refractivity contribution in [3.63, 3.8) is 0 Å². The van der Waals surface area contributed by atoms with E-state index in [2.05, 4.69) is 41.6 Å². The highest BCUT2D eigenvalue weighted by Gasteiger charge is 2.23. The molecule has 3 heteroatoms. The zero-order valence-electron chi connectivity index (χ0n) is 9.24. The van der Waals surface area contributed by atoms with Crippen LogP contribution in [0.15, 0.2) is 17.5 Å². The van der Waals surface area contributed by atoms with Crippen LogP contribution in [-0.4, -0.2) is 24.6 Å². The first kappa shape index (κ1) is 11.5. The molecule has 1 saturated heterocycles. The Labute approximate surface area is 101 Å². The van der Waals surface area contributed by atoms with E-state index in [1.165, 1.54) is 35.6 Å². The van der Waals surface area contributed by atoms with Crippen LogP contribution in [0.3, 0.4) is 0 Å². The maximum absolute atomic E-state index is 3.50. The Morgan fingerprint density at radius 3 is 3.13 bits per heavy atom. The summed E-state index contributed by atoms with van der Waals surface area (Å²) in [5, 5.41) is 5.67. The molecular formula is C12H19NS2. The van der Waals surface area contributed by atoms with E-state index in [1.54, 1.807) is 0 Å². The second kappa shape index (κ2) is 5.92. The van der Waals surface area contributed by atoms with E-state index in [0.717, 1.165) is 12.0 Å². The molecule has 1 nitrogen and oxygen atoms in total. The van der Waals surface area contributed by atoms with Crippen molar-refractivity contribution < 1.29 is 0 Å². The highest BCUT2D eigenvalue weighted by molar-refractivity contribution is 7.99. The molecule has 2 atom stereocenters. The predicted molar refractivity (Wildman–Crippen MR) is 70.9 cm³/mol. The summed E-state index contributed by atoms with van der Waals surface area (Å²) in [6.45, 7) is 0. The third-order valence-electron chi connectivity index (χ3n) is 3.19. The Morgan fingerprint density at radius 1 is 1.60 bits per heavy atom. The van der Waals surface area contributed by atoms with E-state index in [-0.39, 0.29) is 0 Å². The highest BCUT2D eigenvalue weighted by atomic mass is 32.2. The first-order valence-corrected chi connectivity index (χ1v) is 7.71. The molecule has 1 aliphatic rings. The van der Waals surface area contributed by atoms with E-state index in [0.29, 0.717) is 0 Å². The van der Waals surface area contributed by atoms with Crippen LogP contribution in [0.25, 0.3) is 0 Å². The van der Waals surface area contributed by atoms with Gasteiger partial charge in [0.25, 0.3) is 0 Å². The number of nitrogens with one attached hydrogen (secondary N) is 1. The summed E-state index contributed by atoms with van der Waals surface area (Å²) in [4.78, 5) is 1.53. The normalized spacial score (nSPS) is 23.1. The molecule has 1 aromatic heterocycles. The topological polar surface area (TPSA) is 12.0 Å². The van der Waals surface area contributed by atoms with Gasteiger partial charge in [-0.15, -0.1) is 11.3 Å². The minimum atomic E-state index is 0.724. The number of rotatable bonds is 5. The average Bonchev–Trinajstić information content (AvgIpc) is 2.90. The maximum atomic E-state index is 3.50. The smallest absolute Gasteiger partial charge is 0.0104 e. The summed E-state index contributed by atoms with van der Waals surface area (Å²) in [6, 6.07) is 5.13. The number of thiophene rings is 1. The molecule has 1 fully saturated rings. The quantitative estimate of drug-likeness (QED) is 0.850. The van der Waals surface area contributed by atoms with Crippen LogP contribution in [0.5, 0.6) is 0 Å². The second-order valence-corrected chi connectivity index (χ2v) is 6.32. The van der Waals surface area contributed by atoms with Gasteiger partial charge in [0.05, 0.1) is 0 Å². The van der Waals surface area contributed by atoms with E-state index in [4.69, 9.17) is 0 Å². The molecule has 1 N–H and O–H groups in total. The predicted octanol–water partition coefficient (Wildman–Crippen LogP) is 3.02. The first-order valence-electron chi connectivity index (χ1n) is 5.67. The van der Waals surface area contributed by atoms with Crippen molar-refractivity contribution in [1.82, 2.24) is 5.32 Å². The molecule has 1 aliphatic heterocycles. The van der Waals surface area contributed by atoms with Crippen LogP contribution in [0.4, 0.5) is 0 Å². The Morgan fingerprint density at radius 2 is 2.53 bits per heavy atom. The van der Waals surface area contributed by atoms with Gasteiger partial charge in [-0.25, -0.2) is 0 Å². The molecule has 0 saturated carbocycles. The fourth-order valence-electron chi connectivity index (χ4n) is 2.24. The van der Waals surface area contributed by atoms with Gasteiger partial charge < -0.3 is 5.32 Å². The van der Waals surface area contributed by atoms with E-state index < -0.39 is 0 Å². The van der Waals surface area contributed by atoms with Crippen LogP contribution in [0.2, 0.25) is 0 Å². The molecule has 0 amide bonds. The van der Waals surface area contributed by atoms with Crippen molar-refractivity contribution in [1.29, 1.82) is 0 Å². The summed E-state index contributed by atoms with van der Waals surface area (Å²) in [6.07, 6.45) is 3.94. The molecule has 15 heavy (non-hydrogen) atoms. The lowest BCUT2D eigenvalue weighted by Gasteiger charge is -2.21. The molecule has 2 heterocycles. The monoisotopic (exact) mass is 241 g/mol. The molecule has 0 aromatic carbocycles. The fraction of sp³-hybridized carbons (Fsp3) is 0.667. The molecule has 1 aromatic rings. The lowest BCUT2D eigenvalue weighted by molar-refractivity contribution is 0.385. The number of thioether (sulfide) groups is 1. The van der Waals surface area contributed by atoms with Crippen molar-refractivity contribution in [2.45, 2.75) is 25.3 Å². The van der Waals surface area contributed by atoms with Crippen LogP contribution < -0.4 is 5.32 Å². The van der Waals surface area contributed by atoms with E-state index in [1.807, 2.05) is 11.3 Å². The van der Waals surface area contributed by atoms with Gasteiger partial charge in [-0.2, -0.15) is 11.8 Å². The molecular weight excluding hydrogens is 222 g/mol. The standard InChI is InChI=1S/C12H19NS2/c1-13-12(10-6-8-14-9-10)5-4-11-3-2-7-15-11/h2-3,7,10,12-13H,4-6,8-9H2,1H3. The largest absolute Gasteiger partial charge is 0.317 e. The second-order valence-electron chi connectivity index (χ2n) is 4.14. The Balaban J connectivity index is 1.80. The lowest BCUT2D eigenvalue weighted by atomic mass is 9.95. The van der Waals surface area contributed by atoms with Crippen LogP contribution >= 0.6 is 23.1 Å². The van der Waals surface area contributed by atoms with Crippen LogP contribution in [0.1, 0.15) is 17.7 Å². The van der Waals surface area contributed by atoms with Crippen molar-refractivity contribution >= 4 is 23.1 Å². The Hall–Kier alpha value is 0.01000. The number of hydrogen-bond acceptors (Lipinski definition) is 3. The van der Waals surface area contributed by atoms with Crippen LogP contribution in [-0.2, 0) is 6.42 Å². The zero-order valence-corrected chi connectivity index (χ0v) is 10.9. The Kier molecular flexibility index (Phi) is 4.54. The molecule has 0 aliphatic carbocycles. The van der Waals surface area contributed by atoms with Gasteiger partial charge in [0, 0.05) is 10.9 Å². The lowest BCUT2D eigenvalue weighted by Crippen LogP contribution is -2.34. The molecule has 84 valence electrons. The van der Waals surface area contributed by atoms with Crippen LogP contribution in [0, 0.1) is 5.92 Å². The zero-order chi connectivity index (χ0) is 10.5. The van der Waals surface area contributed by atoms with Gasteiger partial charge in [-0.3, -0.25) is 0 Å². The van der Waals surface area contributed by atoms with E-state index in [9.17, 15) is 0 Å². The van der Waals surface area contributed by atoms with Gasteiger partial charge in [0.15, 0.2) is 0 Å². The summed E-state index contributed by atoms with van der Waals surface area (Å²) < 4.78 is 0. The highest BCUT2D eigenvalue weighted by Crippen LogP contribution is 2.28. The summed E-state index contributed by atoms with van der Waals surface area (Å²) in [7, 11) is 2.11. The molecule has 2 rings (SSSR count). The summed E-state index contributed by atoms with van der Waals surface area (Å²) >= 11 is 4.00. The molecule has 0 spiro atoms. The fourth-order valence-corrected chi connectivity index (χ4v) is 4.30.